The van der Waals surface area contributed by atoms with Crippen molar-refractivity contribution in [3.05, 3.63) is 38.8 Å². The number of rotatable bonds is 2. The Balaban J connectivity index is 2.64. The quantitative estimate of drug-likeness (QED) is 0.757. The fraction of sp³-hybridized carbons (Fsp3) is 0.200. The highest BCUT2D eigenvalue weighted by Gasteiger charge is 2.12. The van der Waals surface area contributed by atoms with Crippen molar-refractivity contribution in [3.8, 4) is 5.69 Å². The van der Waals surface area contributed by atoms with Crippen molar-refractivity contribution in [1.82, 2.24) is 14.8 Å². The monoisotopic (exact) mass is 363 g/mol. The number of hydrogen-bond donors (Lipinski definition) is 0. The Kier molecular flexibility index (Phi) is 3.66. The highest BCUT2D eigenvalue weighted by molar-refractivity contribution is 9.11. The summed E-state index contributed by atoms with van der Waals surface area (Å²) in [5.74, 6) is 1.04. The topological polar surface area (TPSA) is 30.7 Å². The van der Waals surface area contributed by atoms with Crippen LogP contribution in [0.25, 0.3) is 5.69 Å². The highest BCUT2D eigenvalue weighted by atomic mass is 79.9. The van der Waals surface area contributed by atoms with Crippen LogP contribution < -0.4 is 0 Å². The first-order valence-corrected chi connectivity index (χ1v) is 6.66. The second-order valence-corrected chi connectivity index (χ2v) is 5.30. The number of nitrogens with zero attached hydrogens (tertiary/aromatic N) is 3. The van der Waals surface area contributed by atoms with Gasteiger partial charge in [0.15, 0.2) is 5.82 Å². The summed E-state index contributed by atoms with van der Waals surface area (Å²) < 4.78 is 3.82. The van der Waals surface area contributed by atoms with Crippen molar-refractivity contribution in [2.75, 3.05) is 0 Å². The SMILES string of the molecule is Cc1cc(Br)c(-n2cnnc2CCl)c(Br)c1. The molecule has 2 aromatic rings. The van der Waals surface area contributed by atoms with Gasteiger partial charge < -0.3 is 0 Å². The van der Waals surface area contributed by atoms with Gasteiger partial charge in [-0.25, -0.2) is 0 Å². The summed E-state index contributed by atoms with van der Waals surface area (Å²) in [6.07, 6.45) is 1.65. The van der Waals surface area contributed by atoms with Gasteiger partial charge in [-0.2, -0.15) is 0 Å². The number of aryl methyl sites for hydroxylation is 1. The average molecular weight is 365 g/mol. The molecule has 0 radical (unpaired) electrons. The smallest absolute Gasteiger partial charge is 0.152 e. The minimum Gasteiger partial charge on any atom is -0.282 e. The summed E-state index contributed by atoms with van der Waals surface area (Å²) >= 11 is 12.9. The van der Waals surface area contributed by atoms with Gasteiger partial charge in [0.05, 0.1) is 11.6 Å². The first kappa shape index (κ1) is 12.1. The zero-order valence-corrected chi connectivity index (χ0v) is 12.3. The second kappa shape index (κ2) is 4.85. The molecule has 0 saturated heterocycles. The molecule has 3 nitrogen and oxygen atoms in total. The van der Waals surface area contributed by atoms with Crippen molar-refractivity contribution in [2.45, 2.75) is 12.8 Å². The van der Waals surface area contributed by atoms with E-state index in [4.69, 9.17) is 11.6 Å². The standard InChI is InChI=1S/C10H8Br2ClN3/c1-6-2-7(11)10(8(12)3-6)16-5-14-15-9(16)4-13/h2-3,5H,4H2,1H3. The molecule has 0 aliphatic carbocycles. The molecule has 2 rings (SSSR count). The van der Waals surface area contributed by atoms with Crippen LogP contribution in [0.15, 0.2) is 27.4 Å². The lowest BCUT2D eigenvalue weighted by Crippen LogP contribution is -2.00. The summed E-state index contributed by atoms with van der Waals surface area (Å²) in [6, 6.07) is 4.08. The van der Waals surface area contributed by atoms with Crippen molar-refractivity contribution < 1.29 is 0 Å². The van der Waals surface area contributed by atoms with Crippen LogP contribution in [0.2, 0.25) is 0 Å². The molecule has 84 valence electrons. The fourth-order valence-electron chi connectivity index (χ4n) is 1.46. The van der Waals surface area contributed by atoms with E-state index in [0.29, 0.717) is 11.7 Å². The van der Waals surface area contributed by atoms with E-state index in [0.717, 1.165) is 14.6 Å². The molecule has 0 unspecified atom stereocenters. The van der Waals surface area contributed by atoms with Crippen LogP contribution in [0, 0.1) is 6.92 Å². The van der Waals surface area contributed by atoms with Gasteiger partial charge >= 0.3 is 0 Å². The van der Waals surface area contributed by atoms with Gasteiger partial charge in [-0.1, -0.05) is 0 Å². The summed E-state index contributed by atoms with van der Waals surface area (Å²) in [6.45, 7) is 2.04. The van der Waals surface area contributed by atoms with Gasteiger partial charge in [0, 0.05) is 8.95 Å². The molecular weight excluding hydrogens is 357 g/mol. The predicted molar refractivity (Wildman–Crippen MR) is 71.1 cm³/mol. The third-order valence-electron chi connectivity index (χ3n) is 2.14. The maximum absolute atomic E-state index is 5.81. The molecule has 1 heterocycles. The molecule has 0 amide bonds. The van der Waals surface area contributed by atoms with Gasteiger partial charge in [-0.05, 0) is 56.5 Å². The third-order valence-corrected chi connectivity index (χ3v) is 3.59. The van der Waals surface area contributed by atoms with Crippen LogP contribution in [0.3, 0.4) is 0 Å². The predicted octanol–water partition coefficient (Wildman–Crippen LogP) is 3.84. The Morgan fingerprint density at radius 1 is 1.31 bits per heavy atom. The molecule has 1 aromatic heterocycles. The fourth-order valence-corrected chi connectivity index (χ4v) is 3.44. The van der Waals surface area contributed by atoms with Crippen LogP contribution in [0.4, 0.5) is 0 Å². The minimum atomic E-state index is 0.326. The van der Waals surface area contributed by atoms with Gasteiger partial charge in [-0.15, -0.1) is 21.8 Å². The lowest BCUT2D eigenvalue weighted by Gasteiger charge is -2.10. The maximum atomic E-state index is 5.81. The van der Waals surface area contributed by atoms with Gasteiger partial charge in [0.2, 0.25) is 0 Å². The number of alkyl halides is 1. The van der Waals surface area contributed by atoms with Crippen LogP contribution in [-0.2, 0) is 5.88 Å². The zero-order chi connectivity index (χ0) is 11.7. The van der Waals surface area contributed by atoms with Crippen molar-refractivity contribution >= 4 is 43.5 Å². The van der Waals surface area contributed by atoms with Crippen LogP contribution in [0.5, 0.6) is 0 Å². The van der Waals surface area contributed by atoms with E-state index < -0.39 is 0 Å². The molecule has 0 atom stereocenters. The van der Waals surface area contributed by atoms with Gasteiger partial charge in [-0.3, -0.25) is 4.57 Å². The molecule has 6 heteroatoms. The third kappa shape index (κ3) is 2.17. The van der Waals surface area contributed by atoms with Crippen LogP contribution >= 0.6 is 43.5 Å². The van der Waals surface area contributed by atoms with Gasteiger partial charge in [0.1, 0.15) is 6.33 Å². The summed E-state index contributed by atoms with van der Waals surface area (Å²) in [5.41, 5.74) is 2.13. The summed E-state index contributed by atoms with van der Waals surface area (Å²) in [7, 11) is 0. The van der Waals surface area contributed by atoms with Crippen LogP contribution in [0.1, 0.15) is 11.4 Å². The van der Waals surface area contributed by atoms with E-state index in [2.05, 4.69) is 42.1 Å². The molecular formula is C10H8Br2ClN3. The number of halogens is 3. The second-order valence-electron chi connectivity index (χ2n) is 3.33. The largest absolute Gasteiger partial charge is 0.282 e. The Morgan fingerprint density at radius 2 is 1.94 bits per heavy atom. The molecule has 0 saturated carbocycles. The number of benzene rings is 1. The molecule has 0 bridgehead atoms. The average Bonchev–Trinajstić information content (AvgIpc) is 2.64. The maximum Gasteiger partial charge on any atom is 0.152 e. The number of aromatic nitrogens is 3. The van der Waals surface area contributed by atoms with E-state index in [1.165, 1.54) is 5.56 Å². The van der Waals surface area contributed by atoms with Gasteiger partial charge in [0.25, 0.3) is 0 Å². The molecule has 1 aromatic carbocycles. The normalized spacial score (nSPS) is 10.8. The van der Waals surface area contributed by atoms with Crippen molar-refractivity contribution in [2.24, 2.45) is 0 Å². The van der Waals surface area contributed by atoms with E-state index in [-0.39, 0.29) is 0 Å². The van der Waals surface area contributed by atoms with E-state index in [1.54, 1.807) is 6.33 Å². The number of hydrogen-bond acceptors (Lipinski definition) is 2. The first-order chi connectivity index (χ1) is 7.63. The Hall–Kier alpha value is -0.390. The summed E-state index contributed by atoms with van der Waals surface area (Å²) in [5, 5.41) is 7.82. The summed E-state index contributed by atoms with van der Waals surface area (Å²) in [4.78, 5) is 0. The lowest BCUT2D eigenvalue weighted by atomic mass is 10.2. The molecule has 0 aliphatic heterocycles. The van der Waals surface area contributed by atoms with Crippen LogP contribution in [-0.4, -0.2) is 14.8 Å². The molecule has 0 aliphatic rings. The van der Waals surface area contributed by atoms with E-state index >= 15 is 0 Å². The van der Waals surface area contributed by atoms with E-state index in [1.807, 2.05) is 23.6 Å². The Bertz CT molecular complexity index is 502. The highest BCUT2D eigenvalue weighted by Crippen LogP contribution is 2.31. The van der Waals surface area contributed by atoms with E-state index in [9.17, 15) is 0 Å². The molecule has 0 spiro atoms. The molecule has 0 fully saturated rings. The first-order valence-electron chi connectivity index (χ1n) is 4.54. The molecule has 16 heavy (non-hydrogen) atoms. The molecule has 0 N–H and O–H groups in total. The van der Waals surface area contributed by atoms with Crippen molar-refractivity contribution in [1.29, 1.82) is 0 Å². The minimum absolute atomic E-state index is 0.326. The van der Waals surface area contributed by atoms with Crippen molar-refractivity contribution in [3.63, 3.8) is 0 Å². The Morgan fingerprint density at radius 3 is 2.50 bits per heavy atom. The Labute approximate surface area is 115 Å². The zero-order valence-electron chi connectivity index (χ0n) is 8.41. The lowest BCUT2D eigenvalue weighted by molar-refractivity contribution is 0.942.